The van der Waals surface area contributed by atoms with Gasteiger partial charge in [-0.2, -0.15) is 0 Å². The molecular weight excluding hydrogens is 240 g/mol. The number of nitrogen functional groups attached to an aromatic ring is 1. The van der Waals surface area contributed by atoms with E-state index in [0.717, 1.165) is 0 Å². The fourth-order valence-corrected chi connectivity index (χ4v) is 2.33. The van der Waals surface area contributed by atoms with Gasteiger partial charge in [-0.1, -0.05) is 24.3 Å². The van der Waals surface area contributed by atoms with Gasteiger partial charge in [-0.05, 0) is 19.1 Å². The molecule has 0 aliphatic carbocycles. The molecule has 17 heavy (non-hydrogen) atoms. The molecule has 1 unspecified atom stereocenters. The molecule has 0 amide bonds. The lowest BCUT2D eigenvalue weighted by molar-refractivity contribution is 0.215. The summed E-state index contributed by atoms with van der Waals surface area (Å²) < 4.78 is 26.0. The first-order valence-electron chi connectivity index (χ1n) is 5.02. The third-order valence-electron chi connectivity index (χ3n) is 2.24. The number of hydrogen-bond acceptors (Lipinski definition) is 4. The molecule has 1 aromatic rings. The summed E-state index contributed by atoms with van der Waals surface area (Å²) in [7, 11) is -3.70. The van der Waals surface area contributed by atoms with Crippen molar-refractivity contribution in [3.8, 4) is 0 Å². The molecule has 0 aliphatic rings. The zero-order valence-corrected chi connectivity index (χ0v) is 10.4. The molecule has 94 valence electrons. The van der Waals surface area contributed by atoms with Crippen LogP contribution in [0, 0.1) is 0 Å². The second-order valence-corrected chi connectivity index (χ2v) is 5.49. The smallest absolute Gasteiger partial charge is 0.242 e. The van der Waals surface area contributed by atoms with Crippen molar-refractivity contribution < 1.29 is 13.5 Å². The van der Waals surface area contributed by atoms with E-state index in [1.54, 1.807) is 19.1 Å². The lowest BCUT2D eigenvalue weighted by atomic mass is 10.2. The lowest BCUT2D eigenvalue weighted by Crippen LogP contribution is -2.32. The first-order chi connectivity index (χ1) is 7.84. The van der Waals surface area contributed by atoms with Crippen molar-refractivity contribution in [2.45, 2.75) is 17.9 Å². The average Bonchev–Trinajstić information content (AvgIpc) is 2.26. The summed E-state index contributed by atoms with van der Waals surface area (Å²) in [6.07, 6.45) is -0.908. The van der Waals surface area contributed by atoms with Gasteiger partial charge in [0.05, 0.1) is 11.8 Å². The minimum Gasteiger partial charge on any atom is -0.398 e. The van der Waals surface area contributed by atoms with E-state index >= 15 is 0 Å². The van der Waals surface area contributed by atoms with Gasteiger partial charge in [0.1, 0.15) is 4.90 Å². The van der Waals surface area contributed by atoms with Gasteiger partial charge in [-0.3, -0.25) is 0 Å². The molecule has 0 saturated carbocycles. The summed E-state index contributed by atoms with van der Waals surface area (Å²) in [5.74, 6) is 0. The van der Waals surface area contributed by atoms with Gasteiger partial charge in [-0.15, -0.1) is 0 Å². The Bertz CT molecular complexity index is 511. The van der Waals surface area contributed by atoms with Crippen LogP contribution in [0.1, 0.15) is 6.92 Å². The van der Waals surface area contributed by atoms with E-state index in [9.17, 15) is 13.5 Å². The third-order valence-corrected chi connectivity index (χ3v) is 3.74. The van der Waals surface area contributed by atoms with Crippen molar-refractivity contribution in [2.24, 2.45) is 0 Å². The van der Waals surface area contributed by atoms with Crippen molar-refractivity contribution in [1.29, 1.82) is 0 Å². The number of sulfonamides is 1. The maximum atomic E-state index is 11.8. The van der Waals surface area contributed by atoms with Crippen LogP contribution in [0.2, 0.25) is 0 Å². The topological polar surface area (TPSA) is 92.4 Å². The Kier molecular flexibility index (Phi) is 4.28. The minimum absolute atomic E-state index is 0.00825. The van der Waals surface area contributed by atoms with E-state index in [1.807, 2.05) is 0 Å². The number of para-hydroxylation sites is 1. The van der Waals surface area contributed by atoms with Crippen LogP contribution < -0.4 is 10.5 Å². The van der Waals surface area contributed by atoms with Gasteiger partial charge in [-0.25, -0.2) is 13.1 Å². The number of nitrogens with two attached hydrogens (primary N) is 1. The number of aliphatic hydroxyl groups is 1. The standard InChI is InChI=1S/C11H16N2O3S/c1-8(2)10(14)7-13-17(15,16)11-6-4-3-5-9(11)12/h3-6,10,13-14H,1,7,12H2,2H3. The normalized spacial score (nSPS) is 13.3. The predicted octanol–water partition coefficient (Wildman–Crippen LogP) is 0.484. The Hall–Kier alpha value is -1.37. The first-order valence-corrected chi connectivity index (χ1v) is 6.50. The molecule has 0 aliphatic heterocycles. The zero-order valence-electron chi connectivity index (χ0n) is 9.55. The molecule has 0 spiro atoms. The van der Waals surface area contributed by atoms with Crippen molar-refractivity contribution >= 4 is 15.7 Å². The molecule has 1 atom stereocenters. The summed E-state index contributed by atoms with van der Waals surface area (Å²) in [6, 6.07) is 6.14. The highest BCUT2D eigenvalue weighted by Gasteiger charge is 2.18. The molecule has 1 aromatic carbocycles. The zero-order chi connectivity index (χ0) is 13.1. The number of hydrogen-bond donors (Lipinski definition) is 3. The highest BCUT2D eigenvalue weighted by molar-refractivity contribution is 7.89. The second kappa shape index (κ2) is 5.31. The van der Waals surface area contributed by atoms with Gasteiger partial charge in [0.15, 0.2) is 0 Å². The van der Waals surface area contributed by atoms with E-state index in [-0.39, 0.29) is 17.1 Å². The Morgan fingerprint density at radius 3 is 2.65 bits per heavy atom. The molecule has 4 N–H and O–H groups in total. The lowest BCUT2D eigenvalue weighted by Gasteiger charge is -2.12. The summed E-state index contributed by atoms with van der Waals surface area (Å²) in [6.45, 7) is 5.04. The van der Waals surface area contributed by atoms with Gasteiger partial charge in [0, 0.05) is 6.54 Å². The van der Waals surface area contributed by atoms with Crippen LogP contribution in [-0.2, 0) is 10.0 Å². The Morgan fingerprint density at radius 2 is 2.12 bits per heavy atom. The van der Waals surface area contributed by atoms with E-state index in [1.165, 1.54) is 12.1 Å². The molecule has 0 fully saturated rings. The number of anilines is 1. The molecule has 6 heteroatoms. The third kappa shape index (κ3) is 3.55. The first kappa shape index (κ1) is 13.7. The van der Waals surface area contributed by atoms with Crippen molar-refractivity contribution in [1.82, 2.24) is 4.72 Å². The summed E-state index contributed by atoms with van der Waals surface area (Å²) in [5.41, 5.74) is 6.24. The van der Waals surface area contributed by atoms with Crippen LogP contribution >= 0.6 is 0 Å². The van der Waals surface area contributed by atoms with Crippen LogP contribution in [0.3, 0.4) is 0 Å². The van der Waals surface area contributed by atoms with Gasteiger partial charge in [0.25, 0.3) is 0 Å². The quantitative estimate of drug-likeness (QED) is 0.528. The maximum Gasteiger partial charge on any atom is 0.242 e. The highest BCUT2D eigenvalue weighted by atomic mass is 32.2. The SMILES string of the molecule is C=C(C)C(O)CNS(=O)(=O)c1ccccc1N. The molecule has 0 saturated heterocycles. The number of nitrogens with one attached hydrogen (secondary N) is 1. The van der Waals surface area contributed by atoms with Crippen LogP contribution in [0.4, 0.5) is 5.69 Å². The average molecular weight is 256 g/mol. The highest BCUT2D eigenvalue weighted by Crippen LogP contribution is 2.16. The fourth-order valence-electron chi connectivity index (χ4n) is 1.17. The number of benzene rings is 1. The van der Waals surface area contributed by atoms with Gasteiger partial charge < -0.3 is 10.8 Å². The van der Waals surface area contributed by atoms with Crippen LogP contribution in [0.25, 0.3) is 0 Å². The Morgan fingerprint density at radius 1 is 1.53 bits per heavy atom. The predicted molar refractivity (Wildman–Crippen MR) is 66.9 cm³/mol. The molecule has 1 rings (SSSR count). The van der Waals surface area contributed by atoms with E-state index in [4.69, 9.17) is 5.73 Å². The van der Waals surface area contributed by atoms with Crippen LogP contribution in [0.15, 0.2) is 41.3 Å². The second-order valence-electron chi connectivity index (χ2n) is 3.75. The molecular formula is C11H16N2O3S. The van der Waals surface area contributed by atoms with Crippen LogP contribution in [-0.4, -0.2) is 26.2 Å². The monoisotopic (exact) mass is 256 g/mol. The molecule has 0 aromatic heterocycles. The van der Waals surface area contributed by atoms with Crippen molar-refractivity contribution in [2.75, 3.05) is 12.3 Å². The fraction of sp³-hybridized carbons (Fsp3) is 0.273. The molecule has 5 nitrogen and oxygen atoms in total. The Labute approximate surface area is 101 Å². The number of rotatable bonds is 5. The molecule has 0 bridgehead atoms. The van der Waals surface area contributed by atoms with E-state index in [0.29, 0.717) is 5.57 Å². The Balaban J connectivity index is 2.84. The largest absolute Gasteiger partial charge is 0.398 e. The summed E-state index contributed by atoms with van der Waals surface area (Å²) >= 11 is 0. The molecule has 0 heterocycles. The molecule has 0 radical (unpaired) electrons. The maximum absolute atomic E-state index is 11.8. The van der Waals surface area contributed by atoms with Crippen molar-refractivity contribution in [3.05, 3.63) is 36.4 Å². The summed E-state index contributed by atoms with van der Waals surface area (Å²) in [5, 5.41) is 9.45. The van der Waals surface area contributed by atoms with Crippen LogP contribution in [0.5, 0.6) is 0 Å². The van der Waals surface area contributed by atoms with Gasteiger partial charge in [0.2, 0.25) is 10.0 Å². The minimum atomic E-state index is -3.70. The van der Waals surface area contributed by atoms with Crippen molar-refractivity contribution in [3.63, 3.8) is 0 Å². The van der Waals surface area contributed by atoms with Gasteiger partial charge >= 0.3 is 0 Å². The van der Waals surface area contributed by atoms with E-state index < -0.39 is 16.1 Å². The van der Waals surface area contributed by atoms with E-state index in [2.05, 4.69) is 11.3 Å². The summed E-state index contributed by atoms with van der Waals surface area (Å²) in [4.78, 5) is 0.00825. The number of aliphatic hydroxyl groups excluding tert-OH is 1.